The van der Waals surface area contributed by atoms with Crippen molar-refractivity contribution >= 4 is 11.8 Å². The largest absolute Gasteiger partial charge is 0.492 e. The molecule has 30 heavy (non-hydrogen) atoms. The summed E-state index contributed by atoms with van der Waals surface area (Å²) in [6.07, 6.45) is 0.740. The van der Waals surface area contributed by atoms with Crippen LogP contribution in [-0.4, -0.2) is 42.8 Å². The van der Waals surface area contributed by atoms with Crippen molar-refractivity contribution in [3.05, 3.63) is 59.7 Å². The van der Waals surface area contributed by atoms with E-state index in [1.54, 1.807) is 0 Å². The number of nitrogens with one attached hydrogen (secondary N) is 1. The van der Waals surface area contributed by atoms with E-state index >= 15 is 0 Å². The summed E-state index contributed by atoms with van der Waals surface area (Å²) in [7, 11) is 0. The molecule has 0 saturated carbocycles. The number of nitrogens with zero attached hydrogens (tertiary/aromatic N) is 3. The number of piperazine rings is 1. The zero-order valence-electron chi connectivity index (χ0n) is 16.8. The summed E-state index contributed by atoms with van der Waals surface area (Å²) in [5.41, 5.74) is 10.1. The Hall–Kier alpha value is -3.32. The average Bonchev–Trinajstić information content (AvgIpc) is 2.97. The highest BCUT2D eigenvalue weighted by Gasteiger charge is 2.25. The lowest BCUT2D eigenvalue weighted by Crippen LogP contribution is -2.44. The zero-order valence-corrected chi connectivity index (χ0v) is 16.8. The van der Waals surface area contributed by atoms with E-state index in [9.17, 15) is 0 Å². The fourth-order valence-electron chi connectivity index (χ4n) is 3.99. The van der Waals surface area contributed by atoms with Gasteiger partial charge in [-0.2, -0.15) is 4.98 Å². The summed E-state index contributed by atoms with van der Waals surface area (Å²) >= 11 is 0. The maximum Gasteiger partial charge on any atom is 0.222 e. The fraction of sp³-hybridized carbons (Fsp3) is 0.304. The molecular formula is C23H25N5O2. The molecule has 0 radical (unpaired) electrons. The first kappa shape index (κ1) is 18.7. The molecule has 7 heteroatoms. The van der Waals surface area contributed by atoms with Crippen molar-refractivity contribution in [3.8, 4) is 22.8 Å². The minimum atomic E-state index is 0.291. The minimum Gasteiger partial charge on any atom is -0.492 e. The summed E-state index contributed by atoms with van der Waals surface area (Å²) < 4.78 is 12.1. The topological polar surface area (TPSA) is 85.5 Å². The third-order valence-electron chi connectivity index (χ3n) is 5.49. The lowest BCUT2D eigenvalue weighted by molar-refractivity contribution is 0.297. The van der Waals surface area contributed by atoms with Crippen LogP contribution in [0.1, 0.15) is 11.1 Å². The van der Waals surface area contributed by atoms with Crippen LogP contribution in [0.2, 0.25) is 0 Å². The Balaban J connectivity index is 1.47. The highest BCUT2D eigenvalue weighted by molar-refractivity contribution is 5.76. The predicted octanol–water partition coefficient (Wildman–Crippen LogP) is 2.65. The monoisotopic (exact) mass is 403 g/mol. The Bertz CT molecular complexity index is 1040. The van der Waals surface area contributed by atoms with Gasteiger partial charge in [0.2, 0.25) is 5.95 Å². The van der Waals surface area contributed by atoms with Crippen LogP contribution in [0.15, 0.2) is 48.5 Å². The second-order valence-corrected chi connectivity index (χ2v) is 7.50. The lowest BCUT2D eigenvalue weighted by Gasteiger charge is -2.30. The van der Waals surface area contributed by atoms with Crippen molar-refractivity contribution in [2.24, 2.45) is 0 Å². The van der Waals surface area contributed by atoms with Gasteiger partial charge in [-0.05, 0) is 17.7 Å². The summed E-state index contributed by atoms with van der Waals surface area (Å²) in [5, 5.41) is 3.38. The number of anilines is 2. The van der Waals surface area contributed by atoms with Crippen LogP contribution in [0.25, 0.3) is 11.3 Å². The van der Waals surface area contributed by atoms with Gasteiger partial charge < -0.3 is 25.4 Å². The van der Waals surface area contributed by atoms with Crippen LogP contribution in [0.3, 0.4) is 0 Å². The second-order valence-electron chi connectivity index (χ2n) is 7.50. The average molecular weight is 403 g/mol. The molecule has 3 aromatic rings. The Labute approximate surface area is 175 Å². The molecule has 7 nitrogen and oxygen atoms in total. The molecule has 1 saturated heterocycles. The molecular weight excluding hydrogens is 378 g/mol. The van der Waals surface area contributed by atoms with E-state index in [1.165, 1.54) is 0 Å². The highest BCUT2D eigenvalue weighted by atomic mass is 16.5. The van der Waals surface area contributed by atoms with Crippen molar-refractivity contribution in [2.45, 2.75) is 13.0 Å². The molecule has 2 aromatic carbocycles. The molecule has 3 N–H and O–H groups in total. The van der Waals surface area contributed by atoms with E-state index in [1.807, 2.05) is 48.5 Å². The Kier molecular flexibility index (Phi) is 5.11. The molecule has 0 amide bonds. The standard InChI is InChI=1S/C23H25N5O2/c24-23-26-21-18-7-6-17(30-15-16-4-2-1-3-5-16)14-20(18)29-13-8-19(21)22(27-23)28-11-9-25-10-12-28/h1-7,14,25H,8-13,15H2,(H2,24,26,27). The van der Waals surface area contributed by atoms with E-state index in [4.69, 9.17) is 15.2 Å². The third kappa shape index (κ3) is 3.76. The Morgan fingerprint density at radius 3 is 2.73 bits per heavy atom. The summed E-state index contributed by atoms with van der Waals surface area (Å²) in [6.45, 7) is 4.76. The van der Waals surface area contributed by atoms with E-state index < -0.39 is 0 Å². The maximum atomic E-state index is 6.11. The van der Waals surface area contributed by atoms with Crippen LogP contribution < -0.4 is 25.4 Å². The first-order chi connectivity index (χ1) is 14.8. The third-order valence-corrected chi connectivity index (χ3v) is 5.49. The number of rotatable bonds is 4. The first-order valence-electron chi connectivity index (χ1n) is 10.3. The minimum absolute atomic E-state index is 0.291. The van der Waals surface area contributed by atoms with E-state index in [-0.39, 0.29) is 0 Å². The molecule has 1 fully saturated rings. The van der Waals surface area contributed by atoms with Crippen molar-refractivity contribution in [2.75, 3.05) is 43.4 Å². The van der Waals surface area contributed by atoms with Gasteiger partial charge in [-0.15, -0.1) is 0 Å². The molecule has 5 rings (SSSR count). The molecule has 0 spiro atoms. The highest BCUT2D eigenvalue weighted by Crippen LogP contribution is 2.39. The molecule has 0 aliphatic carbocycles. The molecule has 2 aliphatic heterocycles. The Morgan fingerprint density at radius 2 is 1.90 bits per heavy atom. The number of aromatic nitrogens is 2. The van der Waals surface area contributed by atoms with Crippen LogP contribution >= 0.6 is 0 Å². The predicted molar refractivity (Wildman–Crippen MR) is 117 cm³/mol. The van der Waals surface area contributed by atoms with Crippen LogP contribution in [0, 0.1) is 0 Å². The number of nitrogen functional groups attached to an aromatic ring is 1. The van der Waals surface area contributed by atoms with Crippen molar-refractivity contribution in [1.29, 1.82) is 0 Å². The van der Waals surface area contributed by atoms with E-state index in [2.05, 4.69) is 20.2 Å². The molecule has 0 bridgehead atoms. The van der Waals surface area contributed by atoms with Gasteiger partial charge in [0.05, 0.1) is 12.3 Å². The van der Waals surface area contributed by atoms with E-state index in [0.29, 0.717) is 19.2 Å². The van der Waals surface area contributed by atoms with Gasteiger partial charge >= 0.3 is 0 Å². The van der Waals surface area contributed by atoms with Gasteiger partial charge in [0.15, 0.2) is 0 Å². The van der Waals surface area contributed by atoms with Gasteiger partial charge in [-0.25, -0.2) is 4.98 Å². The molecule has 2 aliphatic rings. The molecule has 3 heterocycles. The zero-order chi connectivity index (χ0) is 20.3. The van der Waals surface area contributed by atoms with Gasteiger partial charge in [0, 0.05) is 49.8 Å². The maximum absolute atomic E-state index is 6.11. The Morgan fingerprint density at radius 1 is 1.07 bits per heavy atom. The number of hydrogen-bond donors (Lipinski definition) is 2. The summed E-state index contributed by atoms with van der Waals surface area (Å²) in [6, 6.07) is 16.0. The fourth-order valence-corrected chi connectivity index (χ4v) is 3.99. The number of fused-ring (bicyclic) bond motifs is 3. The second kappa shape index (κ2) is 8.20. The van der Waals surface area contributed by atoms with E-state index in [0.717, 1.165) is 72.3 Å². The lowest BCUT2D eigenvalue weighted by atomic mass is 10.0. The summed E-state index contributed by atoms with van der Waals surface area (Å²) in [4.78, 5) is 11.5. The van der Waals surface area contributed by atoms with Crippen molar-refractivity contribution in [1.82, 2.24) is 15.3 Å². The number of nitrogens with two attached hydrogens (primary N) is 1. The number of hydrogen-bond acceptors (Lipinski definition) is 7. The van der Waals surface area contributed by atoms with Crippen LogP contribution in [0.5, 0.6) is 11.5 Å². The number of benzene rings is 2. The molecule has 0 unspecified atom stereocenters. The van der Waals surface area contributed by atoms with Crippen molar-refractivity contribution < 1.29 is 9.47 Å². The normalized spacial score (nSPS) is 15.5. The molecule has 0 atom stereocenters. The molecule has 1 aromatic heterocycles. The molecule has 154 valence electrons. The van der Waals surface area contributed by atoms with Crippen molar-refractivity contribution in [3.63, 3.8) is 0 Å². The summed E-state index contributed by atoms with van der Waals surface area (Å²) in [5.74, 6) is 2.76. The number of ether oxygens (including phenoxy) is 2. The van der Waals surface area contributed by atoms with Gasteiger partial charge in [0.25, 0.3) is 0 Å². The van der Waals surface area contributed by atoms with Gasteiger partial charge in [-0.1, -0.05) is 30.3 Å². The SMILES string of the molecule is Nc1nc2c(c(N3CCNCC3)n1)CCOc1cc(OCc3ccccc3)ccc1-2. The smallest absolute Gasteiger partial charge is 0.222 e. The van der Waals surface area contributed by atoms with Crippen LogP contribution in [-0.2, 0) is 13.0 Å². The van der Waals surface area contributed by atoms with Gasteiger partial charge in [0.1, 0.15) is 23.9 Å². The first-order valence-corrected chi connectivity index (χ1v) is 10.3. The van der Waals surface area contributed by atoms with Crippen LogP contribution in [0.4, 0.5) is 11.8 Å². The van der Waals surface area contributed by atoms with Gasteiger partial charge in [-0.3, -0.25) is 0 Å². The quantitative estimate of drug-likeness (QED) is 0.693.